The van der Waals surface area contributed by atoms with Gasteiger partial charge in [0.05, 0.1) is 31.5 Å². The number of hydrogen-bond acceptors (Lipinski definition) is 18. The van der Waals surface area contributed by atoms with Crippen LogP contribution in [-0.4, -0.2) is 185 Å². The SMILES string of the molecule is C[C@@H]1O[C@@H](O[C@H]2[C@H](O[C@H]3[C@H](O[C@H]4CC[C@@]5(C)[C@@H](CC[C@]6(C)[C@@H]5C(=O)C=C5[C@@H]7CC(C)(C)C[C@@H](O)[C@]7(C)CC[C@]56C)[C@@]4(C)CO)O[C@H](C(=O)O)[C@@H](O)[C@@H]3O)O[C@H](CO)[C@H](O)[C@@H]2O)[C@H](O)[C@H](O)[C@H]1O. The number of aliphatic hydroxyl groups excluding tert-OH is 10. The summed E-state index contributed by atoms with van der Waals surface area (Å²) in [6.45, 7) is 15.2. The number of carbonyl (C=O) groups is 2. The number of aliphatic carboxylic acids is 1. The Morgan fingerprint density at radius 3 is 1.94 bits per heavy atom. The molecule has 19 heteroatoms. The van der Waals surface area contributed by atoms with Crippen molar-refractivity contribution in [1.82, 2.24) is 0 Å². The van der Waals surface area contributed by atoms with Crippen molar-refractivity contribution in [3.63, 3.8) is 0 Å². The van der Waals surface area contributed by atoms with Gasteiger partial charge in [-0.05, 0) is 97.9 Å². The number of ketones is 1. The fourth-order valence-electron chi connectivity index (χ4n) is 14.9. The van der Waals surface area contributed by atoms with E-state index in [9.17, 15) is 61.0 Å². The number of carbonyl (C=O) groups excluding carboxylic acids is 1. The summed E-state index contributed by atoms with van der Waals surface area (Å²) in [6, 6.07) is 0. The summed E-state index contributed by atoms with van der Waals surface area (Å²) in [6.07, 6.45) is -21.1. The highest BCUT2D eigenvalue weighted by Gasteiger charge is 2.72. The normalized spacial score (nSPS) is 55.3. The van der Waals surface area contributed by atoms with Crippen LogP contribution in [0.1, 0.15) is 107 Å². The number of carboxylic acids is 1. The first-order valence-corrected chi connectivity index (χ1v) is 24.2. The van der Waals surface area contributed by atoms with Crippen LogP contribution in [0.3, 0.4) is 0 Å². The first-order valence-electron chi connectivity index (χ1n) is 24.2. The highest BCUT2D eigenvalue weighted by atomic mass is 16.8. The molecule has 0 aromatic heterocycles. The van der Waals surface area contributed by atoms with Crippen LogP contribution in [0, 0.1) is 50.2 Å². The second-order valence-electron chi connectivity index (χ2n) is 23.6. The van der Waals surface area contributed by atoms with Crippen LogP contribution in [0.4, 0.5) is 0 Å². The molecule has 67 heavy (non-hydrogen) atoms. The minimum Gasteiger partial charge on any atom is -0.479 e. The summed E-state index contributed by atoms with van der Waals surface area (Å²) in [5, 5.41) is 120. The van der Waals surface area contributed by atoms with Gasteiger partial charge in [-0.3, -0.25) is 4.79 Å². The van der Waals surface area contributed by atoms with Crippen LogP contribution in [0.2, 0.25) is 0 Å². The van der Waals surface area contributed by atoms with Crippen molar-refractivity contribution in [3.8, 4) is 0 Å². The molecule has 5 aliphatic carbocycles. The molecule has 3 aliphatic heterocycles. The van der Waals surface area contributed by atoms with Crippen LogP contribution in [-0.2, 0) is 38.0 Å². The molecule has 4 saturated carbocycles. The van der Waals surface area contributed by atoms with Crippen molar-refractivity contribution in [2.75, 3.05) is 13.2 Å². The summed E-state index contributed by atoms with van der Waals surface area (Å²) >= 11 is 0. The van der Waals surface area contributed by atoms with Gasteiger partial charge in [0, 0.05) is 16.7 Å². The third kappa shape index (κ3) is 7.92. The van der Waals surface area contributed by atoms with Crippen molar-refractivity contribution in [2.45, 2.75) is 211 Å². The van der Waals surface area contributed by atoms with E-state index in [4.69, 9.17) is 28.4 Å². The van der Waals surface area contributed by atoms with E-state index in [-0.39, 0.29) is 40.3 Å². The maximum Gasteiger partial charge on any atom is 0.335 e. The number of rotatable bonds is 9. The van der Waals surface area contributed by atoms with E-state index in [0.29, 0.717) is 25.7 Å². The van der Waals surface area contributed by atoms with Crippen molar-refractivity contribution in [3.05, 3.63) is 11.6 Å². The topological polar surface area (TPSA) is 312 Å². The predicted molar refractivity (Wildman–Crippen MR) is 231 cm³/mol. The Kier molecular flexibility index (Phi) is 13.7. The first kappa shape index (κ1) is 51.6. The smallest absolute Gasteiger partial charge is 0.335 e. The van der Waals surface area contributed by atoms with Crippen molar-refractivity contribution < 1.29 is 94.2 Å². The lowest BCUT2D eigenvalue weighted by atomic mass is 9.33. The van der Waals surface area contributed by atoms with Gasteiger partial charge in [0.25, 0.3) is 0 Å². The summed E-state index contributed by atoms with van der Waals surface area (Å²) in [7, 11) is 0. The van der Waals surface area contributed by atoms with Gasteiger partial charge in [-0.15, -0.1) is 0 Å². The zero-order chi connectivity index (χ0) is 49.3. The Hall–Kier alpha value is -1.76. The molecule has 382 valence electrons. The van der Waals surface area contributed by atoms with E-state index in [1.54, 1.807) is 0 Å². The van der Waals surface area contributed by atoms with Gasteiger partial charge in [0.1, 0.15) is 61.0 Å². The number of allylic oxidation sites excluding steroid dienone is 2. The van der Waals surface area contributed by atoms with Crippen LogP contribution in [0.5, 0.6) is 0 Å². The standard InChI is InChI=1S/C48H76O19/c1-20-28(53)30(55)34(59)40(62-20)66-36-31(56)29(54)24(18-49)63-41(36)67-37-33(58)32(57)35(39(60)61)65-42(37)64-27-10-11-45(5)25(46(27,6)19-50)9-12-48(8)38(45)23(51)15-21-22-16-43(2,3)17-26(52)44(22,4)13-14-47(21,48)7/h15,20,22,24-38,40-42,49-50,52-59H,9-14,16-19H2,1-8H3,(H,60,61)/t20-,22-,24+,25+,26+,27-,28-,29-,30+,31-,32-,33-,34+,35-,36+,37+,38+,40-,41-,42+,44+,45-,46+,47+,48+/m0/s1. The summed E-state index contributed by atoms with van der Waals surface area (Å²) < 4.78 is 36.0. The predicted octanol–water partition coefficient (Wildman–Crippen LogP) is -0.116. The van der Waals surface area contributed by atoms with Gasteiger partial charge in [0.2, 0.25) is 0 Å². The molecule has 3 heterocycles. The molecule has 0 spiro atoms. The highest BCUT2D eigenvalue weighted by Crippen LogP contribution is 2.75. The number of aliphatic hydroxyl groups is 10. The van der Waals surface area contributed by atoms with Crippen molar-refractivity contribution in [2.24, 2.45) is 50.2 Å². The number of fused-ring (bicyclic) bond motifs is 7. The second kappa shape index (κ2) is 17.8. The number of hydrogen-bond donors (Lipinski definition) is 11. The Morgan fingerprint density at radius 2 is 1.31 bits per heavy atom. The van der Waals surface area contributed by atoms with Gasteiger partial charge in [-0.1, -0.05) is 54.0 Å². The van der Waals surface area contributed by atoms with E-state index < -0.39 is 146 Å². The Balaban J connectivity index is 1.09. The molecule has 8 aliphatic rings. The zero-order valence-corrected chi connectivity index (χ0v) is 39.9. The lowest BCUT2D eigenvalue weighted by molar-refractivity contribution is -0.396. The van der Waals surface area contributed by atoms with Crippen LogP contribution in [0.15, 0.2) is 11.6 Å². The molecular formula is C48H76O19. The second-order valence-corrected chi connectivity index (χ2v) is 23.6. The van der Waals surface area contributed by atoms with Gasteiger partial charge >= 0.3 is 5.97 Å². The molecule has 0 aromatic carbocycles. The van der Waals surface area contributed by atoms with E-state index in [1.807, 2.05) is 13.0 Å². The zero-order valence-electron chi connectivity index (χ0n) is 39.9. The van der Waals surface area contributed by atoms with Crippen LogP contribution < -0.4 is 0 Å². The maximum atomic E-state index is 15.0. The molecule has 0 unspecified atom stereocenters. The molecule has 3 saturated heterocycles. The summed E-state index contributed by atoms with van der Waals surface area (Å²) in [5.41, 5.74) is -1.86. The van der Waals surface area contributed by atoms with Crippen LogP contribution in [0.25, 0.3) is 0 Å². The van der Waals surface area contributed by atoms with Gasteiger partial charge in [-0.25, -0.2) is 4.79 Å². The summed E-state index contributed by atoms with van der Waals surface area (Å²) in [4.78, 5) is 27.5. The molecule has 0 amide bonds. The first-order chi connectivity index (χ1) is 31.1. The van der Waals surface area contributed by atoms with E-state index >= 15 is 4.79 Å². The van der Waals surface area contributed by atoms with E-state index in [1.165, 1.54) is 6.92 Å². The Morgan fingerprint density at radius 1 is 0.687 bits per heavy atom. The highest BCUT2D eigenvalue weighted by molar-refractivity contribution is 5.95. The Bertz CT molecular complexity index is 1900. The average molecular weight is 957 g/mol. The number of carboxylic acid groups (broad SMARTS) is 1. The summed E-state index contributed by atoms with van der Waals surface area (Å²) in [5.74, 6) is -2.30. The van der Waals surface area contributed by atoms with Gasteiger partial charge in [-0.2, -0.15) is 0 Å². The monoisotopic (exact) mass is 956 g/mol. The van der Waals surface area contributed by atoms with Gasteiger partial charge < -0.3 is 84.6 Å². The average Bonchev–Trinajstić information content (AvgIpc) is 3.26. The van der Waals surface area contributed by atoms with E-state index in [2.05, 4.69) is 41.5 Å². The van der Waals surface area contributed by atoms with Gasteiger partial charge in [0.15, 0.2) is 30.8 Å². The molecule has 25 atom stereocenters. The fourth-order valence-corrected chi connectivity index (χ4v) is 14.9. The van der Waals surface area contributed by atoms with Crippen LogP contribution >= 0.6 is 0 Å². The Labute approximate surface area is 391 Å². The lowest BCUT2D eigenvalue weighted by Gasteiger charge is -2.71. The molecular weight excluding hydrogens is 881 g/mol. The minimum atomic E-state index is -2.11. The fraction of sp³-hybridized carbons (Fsp3) is 0.917. The quantitative estimate of drug-likeness (QED) is 0.134. The molecule has 8 rings (SSSR count). The third-order valence-electron chi connectivity index (χ3n) is 19.2. The van der Waals surface area contributed by atoms with Crippen molar-refractivity contribution >= 4 is 11.8 Å². The molecule has 0 bridgehead atoms. The molecule has 0 radical (unpaired) electrons. The molecule has 7 fully saturated rings. The molecule has 19 nitrogen and oxygen atoms in total. The maximum absolute atomic E-state index is 15.0. The largest absolute Gasteiger partial charge is 0.479 e. The van der Waals surface area contributed by atoms with E-state index in [0.717, 1.165) is 24.8 Å². The molecule has 0 aromatic rings. The lowest BCUT2D eigenvalue weighted by Crippen LogP contribution is -2.69. The number of ether oxygens (including phenoxy) is 6. The van der Waals surface area contributed by atoms with Crippen molar-refractivity contribution in [1.29, 1.82) is 0 Å². The third-order valence-corrected chi connectivity index (χ3v) is 19.2. The minimum absolute atomic E-state index is 0.0403. The molecule has 11 N–H and O–H groups in total.